The Bertz CT molecular complexity index is 323. The van der Waals surface area contributed by atoms with Crippen LogP contribution < -0.4 is 4.74 Å². The molecule has 4 heteroatoms. The maximum absolute atomic E-state index is 12.9. The average molecular weight is 184 g/mol. The van der Waals surface area contributed by atoms with Crippen molar-refractivity contribution in [2.75, 3.05) is 0 Å². The van der Waals surface area contributed by atoms with Crippen LogP contribution in [-0.4, -0.2) is 11.1 Å². The Morgan fingerprint density at radius 2 is 2.31 bits per heavy atom. The third kappa shape index (κ3) is 2.52. The summed E-state index contributed by atoms with van der Waals surface area (Å²) in [5.41, 5.74) is 0.498. The molecule has 0 atom stereocenters. The van der Waals surface area contributed by atoms with Crippen LogP contribution in [0.3, 0.4) is 0 Å². The highest BCUT2D eigenvalue weighted by Crippen LogP contribution is 2.18. The number of hydrogen-bond acceptors (Lipinski definition) is 3. The zero-order valence-electron chi connectivity index (χ0n) is 7.08. The molecule has 0 aromatic heterocycles. The van der Waals surface area contributed by atoms with Crippen molar-refractivity contribution in [3.63, 3.8) is 0 Å². The van der Waals surface area contributed by atoms with Crippen LogP contribution >= 0.6 is 0 Å². The van der Waals surface area contributed by atoms with Gasteiger partial charge in [-0.15, -0.1) is 0 Å². The van der Waals surface area contributed by atoms with E-state index in [9.17, 15) is 9.18 Å². The third-order valence-electron chi connectivity index (χ3n) is 1.43. The molecule has 0 aliphatic heterocycles. The molecule has 0 fully saturated rings. The minimum absolute atomic E-state index is 0.154. The number of carbonyl (C=O) groups excluding carboxylic acids is 1. The van der Waals surface area contributed by atoms with Gasteiger partial charge in [-0.05, 0) is 17.7 Å². The van der Waals surface area contributed by atoms with Crippen molar-refractivity contribution < 1.29 is 19.0 Å². The number of carbonyl (C=O) groups is 1. The first-order chi connectivity index (χ1) is 6.13. The monoisotopic (exact) mass is 184 g/mol. The van der Waals surface area contributed by atoms with E-state index in [2.05, 4.69) is 4.74 Å². The van der Waals surface area contributed by atoms with Crippen molar-refractivity contribution in [2.24, 2.45) is 0 Å². The first-order valence-corrected chi connectivity index (χ1v) is 3.71. The smallest absolute Gasteiger partial charge is 0.308 e. The summed E-state index contributed by atoms with van der Waals surface area (Å²) in [6.45, 7) is 0.972. The molecule has 0 amide bonds. The normalized spacial score (nSPS) is 9.77. The van der Waals surface area contributed by atoms with Gasteiger partial charge in [-0.3, -0.25) is 4.79 Å². The minimum Gasteiger partial charge on any atom is -0.424 e. The van der Waals surface area contributed by atoms with Gasteiger partial charge < -0.3 is 9.84 Å². The van der Waals surface area contributed by atoms with Crippen LogP contribution in [0, 0.1) is 5.82 Å². The summed E-state index contributed by atoms with van der Waals surface area (Å²) in [7, 11) is 0. The molecule has 70 valence electrons. The SMILES string of the molecule is CC(=O)Oc1cc(CO)ccc1F. The molecule has 13 heavy (non-hydrogen) atoms. The van der Waals surface area contributed by atoms with E-state index in [4.69, 9.17) is 5.11 Å². The quantitative estimate of drug-likeness (QED) is 0.555. The number of hydrogen-bond donors (Lipinski definition) is 1. The molecule has 0 aliphatic rings. The summed E-state index contributed by atoms with van der Waals surface area (Å²) < 4.78 is 17.5. The minimum atomic E-state index is -0.618. The van der Waals surface area contributed by atoms with Gasteiger partial charge in [0, 0.05) is 6.92 Å². The maximum atomic E-state index is 12.9. The molecule has 1 rings (SSSR count). The van der Waals surface area contributed by atoms with E-state index in [1.165, 1.54) is 19.1 Å². The van der Waals surface area contributed by atoms with E-state index in [-0.39, 0.29) is 12.4 Å². The number of aliphatic hydroxyl groups is 1. The largest absolute Gasteiger partial charge is 0.424 e. The third-order valence-corrected chi connectivity index (χ3v) is 1.43. The van der Waals surface area contributed by atoms with Crippen LogP contribution in [0.1, 0.15) is 12.5 Å². The predicted octanol–water partition coefficient (Wildman–Crippen LogP) is 1.24. The van der Waals surface area contributed by atoms with Gasteiger partial charge in [0.2, 0.25) is 0 Å². The van der Waals surface area contributed by atoms with Crippen molar-refractivity contribution in [2.45, 2.75) is 13.5 Å². The molecule has 0 aliphatic carbocycles. The van der Waals surface area contributed by atoms with Crippen molar-refractivity contribution in [3.05, 3.63) is 29.6 Å². The van der Waals surface area contributed by atoms with Crippen LogP contribution in [0.5, 0.6) is 5.75 Å². The lowest BCUT2D eigenvalue weighted by molar-refractivity contribution is -0.132. The van der Waals surface area contributed by atoms with Gasteiger partial charge in [-0.1, -0.05) is 6.07 Å². The lowest BCUT2D eigenvalue weighted by Crippen LogP contribution is -2.03. The molecule has 1 aromatic carbocycles. The van der Waals surface area contributed by atoms with Gasteiger partial charge in [-0.25, -0.2) is 4.39 Å². The average Bonchev–Trinajstić information content (AvgIpc) is 2.08. The van der Waals surface area contributed by atoms with Crippen LogP contribution in [0.2, 0.25) is 0 Å². The van der Waals surface area contributed by atoms with Crippen LogP contribution in [-0.2, 0) is 11.4 Å². The lowest BCUT2D eigenvalue weighted by atomic mass is 10.2. The Morgan fingerprint density at radius 3 is 2.85 bits per heavy atom. The van der Waals surface area contributed by atoms with Gasteiger partial charge in [0.05, 0.1) is 6.61 Å². The molecule has 0 saturated heterocycles. The van der Waals surface area contributed by atoms with Crippen molar-refractivity contribution in [1.82, 2.24) is 0 Å². The summed E-state index contributed by atoms with van der Waals surface area (Å²) in [4.78, 5) is 10.5. The number of rotatable bonds is 2. The fraction of sp³-hybridized carbons (Fsp3) is 0.222. The predicted molar refractivity (Wildman–Crippen MR) is 43.6 cm³/mol. The number of aliphatic hydroxyl groups excluding tert-OH is 1. The Kier molecular flexibility index (Phi) is 2.97. The van der Waals surface area contributed by atoms with Gasteiger partial charge in [0.25, 0.3) is 0 Å². The summed E-state index contributed by atoms with van der Waals surface area (Å²) >= 11 is 0. The molecule has 1 aromatic rings. The Hall–Kier alpha value is -1.42. The highest BCUT2D eigenvalue weighted by molar-refractivity contribution is 5.69. The zero-order chi connectivity index (χ0) is 9.84. The van der Waals surface area contributed by atoms with Crippen LogP contribution in [0.15, 0.2) is 18.2 Å². The molecule has 0 bridgehead atoms. The highest BCUT2D eigenvalue weighted by Gasteiger charge is 2.06. The van der Waals surface area contributed by atoms with E-state index in [1.807, 2.05) is 0 Å². The standard InChI is InChI=1S/C9H9FO3/c1-6(12)13-9-4-7(5-11)2-3-8(9)10/h2-4,11H,5H2,1H3. The molecule has 0 saturated carbocycles. The second kappa shape index (κ2) is 4.00. The Balaban J connectivity index is 2.96. The van der Waals surface area contributed by atoms with Crippen molar-refractivity contribution in [1.29, 1.82) is 0 Å². The van der Waals surface area contributed by atoms with E-state index < -0.39 is 11.8 Å². The summed E-state index contributed by atoms with van der Waals surface area (Å²) in [5, 5.41) is 8.72. The number of benzene rings is 1. The second-order valence-electron chi connectivity index (χ2n) is 2.52. The summed E-state index contributed by atoms with van der Waals surface area (Å²) in [6, 6.07) is 3.85. The molecular formula is C9H9FO3. The van der Waals surface area contributed by atoms with Gasteiger partial charge >= 0.3 is 5.97 Å². The molecule has 3 nitrogen and oxygen atoms in total. The molecule has 0 heterocycles. The second-order valence-corrected chi connectivity index (χ2v) is 2.52. The topological polar surface area (TPSA) is 46.5 Å². The number of ether oxygens (including phenoxy) is 1. The summed E-state index contributed by atoms with van der Waals surface area (Å²) in [5.74, 6) is -1.36. The fourth-order valence-corrected chi connectivity index (χ4v) is 0.879. The van der Waals surface area contributed by atoms with Gasteiger partial charge in [0.15, 0.2) is 11.6 Å². The molecule has 1 N–H and O–H groups in total. The summed E-state index contributed by atoms with van der Waals surface area (Å²) in [6.07, 6.45) is 0. The molecule has 0 unspecified atom stereocenters. The number of halogens is 1. The van der Waals surface area contributed by atoms with Crippen molar-refractivity contribution >= 4 is 5.97 Å². The van der Waals surface area contributed by atoms with Gasteiger partial charge in [-0.2, -0.15) is 0 Å². The van der Waals surface area contributed by atoms with Crippen LogP contribution in [0.4, 0.5) is 4.39 Å². The van der Waals surface area contributed by atoms with Crippen molar-refractivity contribution in [3.8, 4) is 5.75 Å². The molecule has 0 radical (unpaired) electrons. The maximum Gasteiger partial charge on any atom is 0.308 e. The molecule has 0 spiro atoms. The van der Waals surface area contributed by atoms with Crippen LogP contribution in [0.25, 0.3) is 0 Å². The first kappa shape index (κ1) is 9.67. The first-order valence-electron chi connectivity index (χ1n) is 3.71. The Morgan fingerprint density at radius 1 is 1.62 bits per heavy atom. The Labute approximate surface area is 74.8 Å². The van der Waals surface area contributed by atoms with Gasteiger partial charge in [0.1, 0.15) is 0 Å². The fourth-order valence-electron chi connectivity index (χ4n) is 0.879. The highest BCUT2D eigenvalue weighted by atomic mass is 19.1. The van der Waals surface area contributed by atoms with E-state index in [1.54, 1.807) is 0 Å². The number of esters is 1. The van der Waals surface area contributed by atoms with E-state index >= 15 is 0 Å². The van der Waals surface area contributed by atoms with E-state index in [0.717, 1.165) is 6.07 Å². The zero-order valence-corrected chi connectivity index (χ0v) is 7.08. The van der Waals surface area contributed by atoms with E-state index in [0.29, 0.717) is 5.56 Å². The molecular weight excluding hydrogens is 175 g/mol. The lowest BCUT2D eigenvalue weighted by Gasteiger charge is -2.03.